The zero-order valence-electron chi connectivity index (χ0n) is 10.9. The maximum Gasteiger partial charge on any atom is 0.0523 e. The van der Waals surface area contributed by atoms with Crippen LogP contribution in [0.2, 0.25) is 0 Å². The predicted molar refractivity (Wildman–Crippen MR) is 71.9 cm³/mol. The first-order valence-electron chi connectivity index (χ1n) is 6.81. The molecule has 0 N–H and O–H groups in total. The first-order chi connectivity index (χ1) is 7.46. The third kappa shape index (κ3) is 3.03. The van der Waals surface area contributed by atoms with Gasteiger partial charge in [0.2, 0.25) is 0 Å². The highest BCUT2D eigenvalue weighted by Crippen LogP contribution is 2.44. The molecule has 16 heavy (non-hydrogen) atoms. The zero-order valence-corrected chi connectivity index (χ0v) is 11.7. The first kappa shape index (κ1) is 12.5. The van der Waals surface area contributed by atoms with Crippen molar-refractivity contribution in [3.05, 3.63) is 11.6 Å². The average molecular weight is 241 g/mol. The van der Waals surface area contributed by atoms with Crippen molar-refractivity contribution in [1.82, 2.24) is 0 Å². The van der Waals surface area contributed by atoms with Crippen LogP contribution in [0.5, 0.6) is 0 Å². The molecule has 1 heteroatoms. The van der Waals surface area contributed by atoms with Crippen molar-refractivity contribution in [2.24, 2.45) is 17.3 Å². The van der Waals surface area contributed by atoms with Gasteiger partial charge in [-0.1, -0.05) is 45.3 Å². The minimum Gasteiger partial charge on any atom is -0.118 e. The van der Waals surface area contributed by atoms with Crippen LogP contribution < -0.4 is 0 Å². The molecule has 3 unspecified atom stereocenters. The fourth-order valence-electron chi connectivity index (χ4n) is 3.55. The van der Waals surface area contributed by atoms with Crippen LogP contribution in [0.25, 0.3) is 0 Å². The maximum atomic E-state index is 6.38. The van der Waals surface area contributed by atoms with E-state index in [1.165, 1.54) is 32.1 Å². The largest absolute Gasteiger partial charge is 0.118 e. The van der Waals surface area contributed by atoms with E-state index in [0.717, 1.165) is 18.3 Å². The number of hydrogen-bond acceptors (Lipinski definition) is 0. The Morgan fingerprint density at radius 2 is 2.06 bits per heavy atom. The standard InChI is InChI=1S/C15H25Cl/c1-11-5-4-6-12(7-11)13-8-14(16)10-15(2,3)9-13/h8,11-12,14H,4-7,9-10H2,1-3H3. The van der Waals surface area contributed by atoms with Gasteiger partial charge < -0.3 is 0 Å². The van der Waals surface area contributed by atoms with E-state index in [2.05, 4.69) is 26.8 Å². The Balaban J connectivity index is 2.08. The molecule has 1 saturated carbocycles. The highest BCUT2D eigenvalue weighted by Gasteiger charge is 2.32. The summed E-state index contributed by atoms with van der Waals surface area (Å²) in [6.07, 6.45) is 10.4. The van der Waals surface area contributed by atoms with E-state index in [-0.39, 0.29) is 5.38 Å². The number of hydrogen-bond donors (Lipinski definition) is 0. The van der Waals surface area contributed by atoms with Crippen LogP contribution in [-0.4, -0.2) is 5.38 Å². The highest BCUT2D eigenvalue weighted by atomic mass is 35.5. The van der Waals surface area contributed by atoms with Gasteiger partial charge in [-0.15, -0.1) is 11.6 Å². The number of allylic oxidation sites excluding steroid dienone is 2. The van der Waals surface area contributed by atoms with Gasteiger partial charge in [0.1, 0.15) is 0 Å². The number of halogens is 1. The number of rotatable bonds is 1. The van der Waals surface area contributed by atoms with Crippen molar-refractivity contribution in [3.63, 3.8) is 0 Å². The average Bonchev–Trinajstić information content (AvgIpc) is 2.14. The topological polar surface area (TPSA) is 0 Å². The quantitative estimate of drug-likeness (QED) is 0.438. The van der Waals surface area contributed by atoms with Crippen LogP contribution in [0.1, 0.15) is 59.3 Å². The predicted octanol–water partition coefficient (Wildman–Crippen LogP) is 5.17. The molecule has 3 atom stereocenters. The van der Waals surface area contributed by atoms with Gasteiger partial charge in [0, 0.05) is 0 Å². The summed E-state index contributed by atoms with van der Waals surface area (Å²) >= 11 is 6.38. The summed E-state index contributed by atoms with van der Waals surface area (Å²) in [6, 6.07) is 0. The van der Waals surface area contributed by atoms with Crippen molar-refractivity contribution in [3.8, 4) is 0 Å². The summed E-state index contributed by atoms with van der Waals surface area (Å²) in [5, 5.41) is 0.274. The minimum atomic E-state index is 0.274. The Hall–Kier alpha value is 0.0300. The van der Waals surface area contributed by atoms with Crippen molar-refractivity contribution < 1.29 is 0 Å². The Morgan fingerprint density at radius 1 is 1.31 bits per heavy atom. The molecule has 0 radical (unpaired) electrons. The summed E-state index contributed by atoms with van der Waals surface area (Å²) in [6.45, 7) is 7.13. The minimum absolute atomic E-state index is 0.274. The number of alkyl halides is 1. The van der Waals surface area contributed by atoms with E-state index in [4.69, 9.17) is 11.6 Å². The monoisotopic (exact) mass is 240 g/mol. The second-order valence-corrected chi connectivity index (χ2v) is 7.33. The lowest BCUT2D eigenvalue weighted by Crippen LogP contribution is -2.26. The van der Waals surface area contributed by atoms with E-state index in [9.17, 15) is 0 Å². The van der Waals surface area contributed by atoms with Crippen LogP contribution in [0.3, 0.4) is 0 Å². The second-order valence-electron chi connectivity index (χ2n) is 6.77. The van der Waals surface area contributed by atoms with Crippen LogP contribution >= 0.6 is 11.6 Å². The summed E-state index contributed by atoms with van der Waals surface area (Å²) < 4.78 is 0. The maximum absolute atomic E-state index is 6.38. The molecule has 2 rings (SSSR count). The smallest absolute Gasteiger partial charge is 0.0523 e. The lowest BCUT2D eigenvalue weighted by molar-refractivity contribution is 0.263. The van der Waals surface area contributed by atoms with Gasteiger partial charge in [0.15, 0.2) is 0 Å². The van der Waals surface area contributed by atoms with Crippen molar-refractivity contribution in [2.45, 2.75) is 64.7 Å². The van der Waals surface area contributed by atoms with E-state index >= 15 is 0 Å². The van der Waals surface area contributed by atoms with E-state index in [1.807, 2.05) is 0 Å². The third-order valence-electron chi connectivity index (χ3n) is 4.29. The SMILES string of the molecule is CC1CCCC(C2=CC(Cl)CC(C)(C)C2)C1. The Labute approximate surface area is 105 Å². The van der Waals surface area contributed by atoms with Crippen LogP contribution in [0.4, 0.5) is 0 Å². The molecular formula is C15H25Cl. The lowest BCUT2D eigenvalue weighted by Gasteiger charge is -2.38. The van der Waals surface area contributed by atoms with Gasteiger partial charge in [0.25, 0.3) is 0 Å². The molecule has 0 nitrogen and oxygen atoms in total. The molecule has 0 saturated heterocycles. The fraction of sp³-hybridized carbons (Fsp3) is 0.867. The van der Waals surface area contributed by atoms with Crippen LogP contribution in [0.15, 0.2) is 11.6 Å². The Morgan fingerprint density at radius 3 is 2.69 bits per heavy atom. The van der Waals surface area contributed by atoms with Gasteiger partial charge >= 0.3 is 0 Å². The van der Waals surface area contributed by atoms with Gasteiger partial charge in [-0.3, -0.25) is 0 Å². The van der Waals surface area contributed by atoms with E-state index in [1.54, 1.807) is 5.57 Å². The molecule has 0 aromatic heterocycles. The molecule has 0 spiro atoms. The van der Waals surface area contributed by atoms with Crippen molar-refractivity contribution in [1.29, 1.82) is 0 Å². The lowest BCUT2D eigenvalue weighted by atomic mass is 9.69. The van der Waals surface area contributed by atoms with Crippen molar-refractivity contribution >= 4 is 11.6 Å². The molecular weight excluding hydrogens is 216 g/mol. The summed E-state index contributed by atoms with van der Waals surface area (Å²) in [7, 11) is 0. The first-order valence-corrected chi connectivity index (χ1v) is 7.24. The Bertz CT molecular complexity index is 277. The fourth-order valence-corrected chi connectivity index (χ4v) is 4.13. The van der Waals surface area contributed by atoms with Crippen LogP contribution in [-0.2, 0) is 0 Å². The highest BCUT2D eigenvalue weighted by molar-refractivity contribution is 6.21. The normalized spacial score (nSPS) is 39.2. The summed E-state index contributed by atoms with van der Waals surface area (Å²) in [5.41, 5.74) is 2.08. The summed E-state index contributed by atoms with van der Waals surface area (Å²) in [4.78, 5) is 0. The van der Waals surface area contributed by atoms with Gasteiger partial charge in [0.05, 0.1) is 5.38 Å². The molecule has 0 aliphatic heterocycles. The van der Waals surface area contributed by atoms with Gasteiger partial charge in [-0.25, -0.2) is 0 Å². The van der Waals surface area contributed by atoms with E-state index < -0.39 is 0 Å². The summed E-state index contributed by atoms with van der Waals surface area (Å²) in [5.74, 6) is 1.75. The molecule has 0 heterocycles. The second kappa shape index (κ2) is 4.72. The molecule has 92 valence electrons. The van der Waals surface area contributed by atoms with Gasteiger partial charge in [-0.05, 0) is 42.9 Å². The molecule has 0 aromatic carbocycles. The third-order valence-corrected chi connectivity index (χ3v) is 4.57. The molecule has 0 amide bonds. The van der Waals surface area contributed by atoms with Crippen molar-refractivity contribution in [2.75, 3.05) is 0 Å². The zero-order chi connectivity index (χ0) is 11.8. The molecule has 2 aliphatic rings. The molecule has 2 aliphatic carbocycles. The molecule has 0 aromatic rings. The molecule has 0 bridgehead atoms. The Kier molecular flexibility index (Phi) is 3.69. The van der Waals surface area contributed by atoms with Crippen LogP contribution in [0, 0.1) is 17.3 Å². The van der Waals surface area contributed by atoms with Gasteiger partial charge in [-0.2, -0.15) is 0 Å². The molecule has 1 fully saturated rings. The van der Waals surface area contributed by atoms with E-state index in [0.29, 0.717) is 5.41 Å².